The molecule has 2 N–H and O–H groups in total. The minimum Gasteiger partial charge on any atom is -0.396 e. The van der Waals surface area contributed by atoms with Gasteiger partial charge in [0.25, 0.3) is 0 Å². The number of benzene rings is 1. The van der Waals surface area contributed by atoms with Gasteiger partial charge < -0.3 is 10.6 Å². The van der Waals surface area contributed by atoms with Crippen LogP contribution in [0.5, 0.6) is 0 Å². The zero-order valence-corrected chi connectivity index (χ0v) is 12.6. The Morgan fingerprint density at radius 1 is 1.24 bits per heavy atom. The molecule has 2 fully saturated rings. The van der Waals surface area contributed by atoms with Crippen molar-refractivity contribution in [2.45, 2.75) is 25.7 Å². The van der Waals surface area contributed by atoms with Crippen molar-refractivity contribution in [2.24, 2.45) is 17.8 Å². The van der Waals surface area contributed by atoms with E-state index in [-0.39, 0.29) is 0 Å². The van der Waals surface area contributed by atoms with Gasteiger partial charge in [0.05, 0.1) is 23.1 Å². The van der Waals surface area contributed by atoms with Crippen LogP contribution in [0.15, 0.2) is 30.5 Å². The summed E-state index contributed by atoms with van der Waals surface area (Å²) in [5.41, 5.74) is 9.21. The maximum absolute atomic E-state index is 6.23. The van der Waals surface area contributed by atoms with Gasteiger partial charge in [-0.15, -0.1) is 0 Å². The molecule has 21 heavy (non-hydrogen) atoms. The molecule has 2 aromatic rings. The number of aromatic nitrogens is 1. The Kier molecular flexibility index (Phi) is 3.02. The van der Waals surface area contributed by atoms with Crippen LogP contribution in [0.1, 0.15) is 25.7 Å². The molecule has 2 saturated carbocycles. The highest BCUT2D eigenvalue weighted by molar-refractivity contribution is 5.97. The summed E-state index contributed by atoms with van der Waals surface area (Å²) in [6, 6.07) is 8.29. The van der Waals surface area contributed by atoms with E-state index in [4.69, 9.17) is 5.73 Å². The maximum Gasteiger partial charge on any atom is 0.0745 e. The van der Waals surface area contributed by atoms with Crippen molar-refractivity contribution in [2.75, 3.05) is 24.2 Å². The summed E-state index contributed by atoms with van der Waals surface area (Å²) in [7, 11) is 2.18. The van der Waals surface area contributed by atoms with Crippen molar-refractivity contribution in [1.29, 1.82) is 0 Å². The first-order valence-electron chi connectivity index (χ1n) is 8.06. The van der Waals surface area contributed by atoms with E-state index in [2.05, 4.69) is 35.1 Å². The Hall–Kier alpha value is -1.77. The predicted molar refractivity (Wildman–Crippen MR) is 88.4 cm³/mol. The summed E-state index contributed by atoms with van der Waals surface area (Å²) in [5, 5.41) is 1.17. The molecule has 110 valence electrons. The van der Waals surface area contributed by atoms with E-state index in [0.29, 0.717) is 0 Å². The lowest BCUT2D eigenvalue weighted by atomic mass is 9.88. The van der Waals surface area contributed by atoms with E-state index in [1.807, 2.05) is 6.07 Å². The summed E-state index contributed by atoms with van der Waals surface area (Å²) in [6.45, 7) is 1.12. The molecule has 3 nitrogen and oxygen atoms in total. The van der Waals surface area contributed by atoms with Crippen LogP contribution in [0.25, 0.3) is 10.9 Å². The maximum atomic E-state index is 6.23. The number of nitrogen functional groups attached to an aromatic ring is 1. The number of hydrogen-bond donors (Lipinski definition) is 1. The smallest absolute Gasteiger partial charge is 0.0745 e. The molecule has 0 amide bonds. The number of nitrogens with two attached hydrogens (primary N) is 1. The SMILES string of the molecule is CN(CC1CC2CCC1C2)c1c(N)cnc2ccccc12. The lowest BCUT2D eigenvalue weighted by molar-refractivity contribution is 0.337. The normalized spacial score (nSPS) is 27.4. The third-order valence-electron chi connectivity index (χ3n) is 5.55. The fourth-order valence-electron chi connectivity index (χ4n) is 4.61. The molecule has 2 aliphatic rings. The Bertz CT molecular complexity index is 667. The van der Waals surface area contributed by atoms with Crippen LogP contribution >= 0.6 is 0 Å². The third kappa shape index (κ3) is 2.15. The molecule has 0 spiro atoms. The topological polar surface area (TPSA) is 42.1 Å². The van der Waals surface area contributed by atoms with Crippen molar-refractivity contribution >= 4 is 22.3 Å². The van der Waals surface area contributed by atoms with Gasteiger partial charge in [0.2, 0.25) is 0 Å². The van der Waals surface area contributed by atoms with Gasteiger partial charge in [0.15, 0.2) is 0 Å². The highest BCUT2D eigenvalue weighted by Gasteiger charge is 2.39. The van der Waals surface area contributed by atoms with Crippen molar-refractivity contribution < 1.29 is 0 Å². The van der Waals surface area contributed by atoms with Gasteiger partial charge in [-0.2, -0.15) is 0 Å². The van der Waals surface area contributed by atoms with E-state index in [9.17, 15) is 0 Å². The van der Waals surface area contributed by atoms with Gasteiger partial charge in [-0.3, -0.25) is 4.98 Å². The number of hydrogen-bond acceptors (Lipinski definition) is 3. The van der Waals surface area contributed by atoms with Crippen LogP contribution in [0, 0.1) is 17.8 Å². The van der Waals surface area contributed by atoms with Gasteiger partial charge in [0.1, 0.15) is 0 Å². The fourth-order valence-corrected chi connectivity index (χ4v) is 4.61. The molecule has 0 aliphatic heterocycles. The molecule has 4 rings (SSSR count). The molecule has 3 unspecified atom stereocenters. The number of nitrogens with zero attached hydrogens (tertiary/aromatic N) is 2. The first kappa shape index (κ1) is 12.9. The Morgan fingerprint density at radius 2 is 2.10 bits per heavy atom. The quantitative estimate of drug-likeness (QED) is 0.933. The van der Waals surface area contributed by atoms with Gasteiger partial charge in [0, 0.05) is 19.0 Å². The second-order valence-corrected chi connectivity index (χ2v) is 6.89. The van der Waals surface area contributed by atoms with Gasteiger partial charge >= 0.3 is 0 Å². The fraction of sp³-hybridized carbons (Fsp3) is 0.500. The van der Waals surface area contributed by atoms with Gasteiger partial charge in [-0.25, -0.2) is 0 Å². The first-order chi connectivity index (χ1) is 10.2. The molecule has 3 heteroatoms. The predicted octanol–water partition coefficient (Wildman–Crippen LogP) is 3.69. The van der Waals surface area contributed by atoms with Crippen LogP contribution in [0.4, 0.5) is 11.4 Å². The van der Waals surface area contributed by atoms with Gasteiger partial charge in [-0.1, -0.05) is 24.6 Å². The molecule has 0 saturated heterocycles. The molecule has 1 aromatic carbocycles. The minimum absolute atomic E-state index is 0.791. The molecule has 2 bridgehead atoms. The molecule has 1 heterocycles. The first-order valence-corrected chi connectivity index (χ1v) is 8.06. The number of anilines is 2. The standard InChI is InChI=1S/C18H23N3/c1-21(11-14-9-12-6-7-13(14)8-12)18-15-4-2-3-5-17(15)20-10-16(18)19/h2-5,10,12-14H,6-9,11,19H2,1H3. The second kappa shape index (κ2) is 4.90. The summed E-state index contributed by atoms with van der Waals surface area (Å²) >= 11 is 0. The molecular weight excluding hydrogens is 258 g/mol. The number of para-hydroxylation sites is 1. The highest BCUT2D eigenvalue weighted by Crippen LogP contribution is 2.49. The van der Waals surface area contributed by atoms with Crippen LogP contribution in [0.2, 0.25) is 0 Å². The van der Waals surface area contributed by atoms with E-state index < -0.39 is 0 Å². The van der Waals surface area contributed by atoms with Crippen LogP contribution in [-0.4, -0.2) is 18.6 Å². The highest BCUT2D eigenvalue weighted by atomic mass is 15.1. The lowest BCUT2D eigenvalue weighted by Crippen LogP contribution is -2.29. The van der Waals surface area contributed by atoms with Crippen LogP contribution < -0.4 is 10.6 Å². The summed E-state index contributed by atoms with van der Waals surface area (Å²) in [6.07, 6.45) is 7.58. The third-order valence-corrected chi connectivity index (χ3v) is 5.55. The molecule has 2 aliphatic carbocycles. The molecular formula is C18H23N3. The molecule has 3 atom stereocenters. The zero-order valence-electron chi connectivity index (χ0n) is 12.6. The van der Waals surface area contributed by atoms with Crippen LogP contribution in [0.3, 0.4) is 0 Å². The van der Waals surface area contributed by atoms with E-state index in [0.717, 1.165) is 41.2 Å². The number of rotatable bonds is 3. The lowest BCUT2D eigenvalue weighted by Gasteiger charge is -2.30. The zero-order chi connectivity index (χ0) is 14.4. The minimum atomic E-state index is 0.791. The van der Waals surface area contributed by atoms with Crippen LogP contribution in [-0.2, 0) is 0 Å². The second-order valence-electron chi connectivity index (χ2n) is 6.89. The van der Waals surface area contributed by atoms with Crippen molar-refractivity contribution in [3.8, 4) is 0 Å². The summed E-state index contributed by atoms with van der Waals surface area (Å²) in [4.78, 5) is 6.81. The number of fused-ring (bicyclic) bond motifs is 3. The average molecular weight is 281 g/mol. The van der Waals surface area contributed by atoms with Crippen molar-refractivity contribution in [3.05, 3.63) is 30.5 Å². The van der Waals surface area contributed by atoms with E-state index in [1.54, 1.807) is 6.20 Å². The average Bonchev–Trinajstić information content (AvgIpc) is 3.09. The summed E-state index contributed by atoms with van der Waals surface area (Å²) < 4.78 is 0. The molecule has 1 aromatic heterocycles. The number of pyridine rings is 1. The Balaban J connectivity index is 1.64. The Labute approximate surface area is 126 Å². The van der Waals surface area contributed by atoms with Crippen molar-refractivity contribution in [3.63, 3.8) is 0 Å². The van der Waals surface area contributed by atoms with E-state index in [1.165, 1.54) is 31.1 Å². The van der Waals surface area contributed by atoms with E-state index >= 15 is 0 Å². The largest absolute Gasteiger partial charge is 0.396 e. The molecule has 0 radical (unpaired) electrons. The monoisotopic (exact) mass is 281 g/mol. The van der Waals surface area contributed by atoms with Gasteiger partial charge in [-0.05, 0) is 43.1 Å². The Morgan fingerprint density at radius 3 is 2.86 bits per heavy atom. The van der Waals surface area contributed by atoms with Crippen molar-refractivity contribution in [1.82, 2.24) is 4.98 Å². The summed E-state index contributed by atoms with van der Waals surface area (Å²) in [5.74, 6) is 2.80.